The van der Waals surface area contributed by atoms with Gasteiger partial charge in [-0.25, -0.2) is 0 Å². The fraction of sp³-hybridized carbons (Fsp3) is 0.857. The molecule has 0 bridgehead atoms. The molecule has 1 aliphatic carbocycles. The zero-order chi connectivity index (χ0) is 14.3. The van der Waals surface area contributed by atoms with Gasteiger partial charge in [-0.15, -0.1) is 0 Å². The molecule has 0 radical (unpaired) electrons. The summed E-state index contributed by atoms with van der Waals surface area (Å²) >= 11 is 0. The largest absolute Gasteiger partial charge is 0.469 e. The Morgan fingerprint density at radius 2 is 1.95 bits per heavy atom. The summed E-state index contributed by atoms with van der Waals surface area (Å²) in [6.45, 7) is 2.40. The Hall–Kier alpha value is -1.10. The molecule has 1 aliphatic rings. The Balaban J connectivity index is 2.31. The molecule has 1 unspecified atom stereocenters. The number of carbonyl (C=O) groups is 2. The van der Waals surface area contributed by atoms with Gasteiger partial charge in [0.1, 0.15) is 0 Å². The van der Waals surface area contributed by atoms with Gasteiger partial charge in [-0.05, 0) is 26.8 Å². The fourth-order valence-electron chi connectivity index (χ4n) is 2.33. The normalized spacial score (nSPS) is 18.1. The third kappa shape index (κ3) is 5.59. The number of hydrogen-bond donors (Lipinski definition) is 1. The second-order valence-electron chi connectivity index (χ2n) is 5.33. The second kappa shape index (κ2) is 8.15. The van der Waals surface area contributed by atoms with Crippen molar-refractivity contribution in [2.75, 3.05) is 20.7 Å². The highest BCUT2D eigenvalue weighted by molar-refractivity contribution is 5.81. The van der Waals surface area contributed by atoms with Crippen LogP contribution in [-0.2, 0) is 14.3 Å². The minimum atomic E-state index is -0.244. The highest BCUT2D eigenvalue weighted by Gasteiger charge is 2.22. The molecule has 0 heterocycles. The molecule has 5 heteroatoms. The van der Waals surface area contributed by atoms with E-state index in [1.165, 1.54) is 26.4 Å². The van der Waals surface area contributed by atoms with Crippen LogP contribution in [0.15, 0.2) is 0 Å². The maximum atomic E-state index is 12.1. The lowest BCUT2D eigenvalue weighted by Crippen LogP contribution is -2.47. The van der Waals surface area contributed by atoms with Crippen LogP contribution in [0.4, 0.5) is 0 Å². The zero-order valence-corrected chi connectivity index (χ0v) is 12.3. The Morgan fingerprint density at radius 1 is 1.32 bits per heavy atom. The quantitative estimate of drug-likeness (QED) is 0.740. The van der Waals surface area contributed by atoms with Gasteiger partial charge in [0.2, 0.25) is 5.91 Å². The summed E-state index contributed by atoms with van der Waals surface area (Å²) in [5.41, 5.74) is 0. The maximum absolute atomic E-state index is 12.1. The van der Waals surface area contributed by atoms with E-state index in [1.807, 2.05) is 18.9 Å². The molecule has 1 amide bonds. The van der Waals surface area contributed by atoms with Crippen molar-refractivity contribution < 1.29 is 14.3 Å². The van der Waals surface area contributed by atoms with Crippen molar-refractivity contribution in [1.29, 1.82) is 0 Å². The minimum Gasteiger partial charge on any atom is -0.469 e. The van der Waals surface area contributed by atoms with Gasteiger partial charge in [-0.2, -0.15) is 0 Å². The molecule has 1 fully saturated rings. The first-order chi connectivity index (χ1) is 9.04. The van der Waals surface area contributed by atoms with Crippen molar-refractivity contribution in [2.45, 2.75) is 57.5 Å². The Kier molecular flexibility index (Phi) is 6.84. The predicted octanol–water partition coefficient (Wildman–Crippen LogP) is 1.32. The first-order valence-electron chi connectivity index (χ1n) is 7.12. The van der Waals surface area contributed by atoms with E-state index in [9.17, 15) is 9.59 Å². The lowest BCUT2D eigenvalue weighted by atomic mass is 9.95. The van der Waals surface area contributed by atoms with Crippen molar-refractivity contribution >= 4 is 11.9 Å². The molecular weight excluding hydrogens is 244 g/mol. The molecule has 0 saturated heterocycles. The van der Waals surface area contributed by atoms with Gasteiger partial charge < -0.3 is 10.1 Å². The van der Waals surface area contributed by atoms with Crippen LogP contribution < -0.4 is 5.32 Å². The average Bonchev–Trinajstić information content (AvgIpc) is 2.44. The van der Waals surface area contributed by atoms with Crippen LogP contribution in [0, 0.1) is 0 Å². The summed E-state index contributed by atoms with van der Waals surface area (Å²) in [6, 6.07) is 0.115. The number of likely N-dealkylation sites (N-methyl/N-ethyl adjacent to an activating group) is 1. The molecular formula is C14H26N2O3. The molecule has 0 spiro atoms. The number of rotatable bonds is 6. The summed E-state index contributed by atoms with van der Waals surface area (Å²) in [6.07, 6.45) is 6.18. The SMILES string of the molecule is COC(=O)CCN(C)C(C)C(=O)NC1CCCCC1. The molecule has 1 saturated carbocycles. The summed E-state index contributed by atoms with van der Waals surface area (Å²) in [5.74, 6) is -0.189. The Labute approximate surface area is 115 Å². The smallest absolute Gasteiger partial charge is 0.306 e. The number of esters is 1. The molecule has 5 nitrogen and oxygen atoms in total. The average molecular weight is 270 g/mol. The number of methoxy groups -OCH3 is 1. The predicted molar refractivity (Wildman–Crippen MR) is 73.7 cm³/mol. The number of amides is 1. The van der Waals surface area contributed by atoms with E-state index in [0.717, 1.165) is 12.8 Å². The van der Waals surface area contributed by atoms with E-state index in [0.29, 0.717) is 19.0 Å². The van der Waals surface area contributed by atoms with Crippen LogP contribution in [0.1, 0.15) is 45.4 Å². The fourth-order valence-corrected chi connectivity index (χ4v) is 2.33. The first-order valence-corrected chi connectivity index (χ1v) is 7.12. The van der Waals surface area contributed by atoms with Crippen LogP contribution in [0.5, 0.6) is 0 Å². The van der Waals surface area contributed by atoms with Gasteiger partial charge in [0.25, 0.3) is 0 Å². The van der Waals surface area contributed by atoms with Crippen molar-refractivity contribution in [3.8, 4) is 0 Å². The van der Waals surface area contributed by atoms with Crippen LogP contribution >= 0.6 is 0 Å². The van der Waals surface area contributed by atoms with Gasteiger partial charge in [-0.3, -0.25) is 14.5 Å². The first kappa shape index (κ1) is 16.0. The molecule has 1 atom stereocenters. The topological polar surface area (TPSA) is 58.6 Å². The van der Waals surface area contributed by atoms with Crippen LogP contribution in [-0.4, -0.2) is 49.6 Å². The number of nitrogens with zero attached hydrogens (tertiary/aromatic N) is 1. The molecule has 1 N–H and O–H groups in total. The van der Waals surface area contributed by atoms with E-state index >= 15 is 0 Å². The van der Waals surface area contributed by atoms with Crippen LogP contribution in [0.2, 0.25) is 0 Å². The lowest BCUT2D eigenvalue weighted by molar-refractivity contribution is -0.141. The molecule has 0 aromatic rings. The molecule has 0 aromatic carbocycles. The van der Waals surface area contributed by atoms with Gasteiger partial charge in [0.15, 0.2) is 0 Å². The zero-order valence-electron chi connectivity index (χ0n) is 12.3. The summed E-state index contributed by atoms with van der Waals surface area (Å²) in [4.78, 5) is 25.1. The number of nitrogens with one attached hydrogen (secondary N) is 1. The maximum Gasteiger partial charge on any atom is 0.306 e. The van der Waals surface area contributed by atoms with E-state index in [2.05, 4.69) is 10.1 Å². The molecule has 1 rings (SSSR count). The molecule has 0 aliphatic heterocycles. The number of hydrogen-bond acceptors (Lipinski definition) is 4. The lowest BCUT2D eigenvalue weighted by Gasteiger charge is -2.28. The van der Waals surface area contributed by atoms with Gasteiger partial charge >= 0.3 is 5.97 Å². The Morgan fingerprint density at radius 3 is 2.53 bits per heavy atom. The number of ether oxygens (including phenoxy) is 1. The summed E-state index contributed by atoms with van der Waals surface area (Å²) < 4.78 is 4.60. The molecule has 110 valence electrons. The van der Waals surface area contributed by atoms with Crippen LogP contribution in [0.3, 0.4) is 0 Å². The van der Waals surface area contributed by atoms with Crippen molar-refractivity contribution in [3.05, 3.63) is 0 Å². The highest BCUT2D eigenvalue weighted by Crippen LogP contribution is 2.17. The van der Waals surface area contributed by atoms with E-state index in [1.54, 1.807) is 0 Å². The monoisotopic (exact) mass is 270 g/mol. The van der Waals surface area contributed by atoms with Crippen molar-refractivity contribution in [1.82, 2.24) is 10.2 Å². The molecule has 19 heavy (non-hydrogen) atoms. The minimum absolute atomic E-state index is 0.0549. The Bertz CT molecular complexity index is 301. The third-order valence-corrected chi connectivity index (χ3v) is 3.89. The van der Waals surface area contributed by atoms with E-state index in [-0.39, 0.29) is 17.9 Å². The third-order valence-electron chi connectivity index (χ3n) is 3.89. The summed E-state index contributed by atoms with van der Waals surface area (Å²) in [5, 5.41) is 3.10. The standard InChI is InChI=1S/C14H26N2O3/c1-11(16(2)10-9-13(17)19-3)14(18)15-12-7-5-4-6-8-12/h11-12H,4-10H2,1-3H3,(H,15,18). The van der Waals surface area contributed by atoms with E-state index in [4.69, 9.17) is 0 Å². The van der Waals surface area contributed by atoms with Crippen LogP contribution in [0.25, 0.3) is 0 Å². The van der Waals surface area contributed by atoms with E-state index < -0.39 is 0 Å². The molecule has 0 aromatic heterocycles. The van der Waals surface area contributed by atoms with Gasteiger partial charge in [0, 0.05) is 12.6 Å². The van der Waals surface area contributed by atoms with Gasteiger partial charge in [-0.1, -0.05) is 19.3 Å². The van der Waals surface area contributed by atoms with Crippen molar-refractivity contribution in [2.24, 2.45) is 0 Å². The highest BCUT2D eigenvalue weighted by atomic mass is 16.5. The van der Waals surface area contributed by atoms with Crippen molar-refractivity contribution in [3.63, 3.8) is 0 Å². The summed E-state index contributed by atoms with van der Waals surface area (Å²) in [7, 11) is 3.23. The second-order valence-corrected chi connectivity index (χ2v) is 5.33. The van der Waals surface area contributed by atoms with Gasteiger partial charge in [0.05, 0.1) is 19.6 Å². The number of carbonyl (C=O) groups excluding carboxylic acids is 2.